The van der Waals surface area contributed by atoms with Crippen LogP contribution in [-0.2, 0) is 21.8 Å². The van der Waals surface area contributed by atoms with Gasteiger partial charge in [-0.15, -0.1) is 0 Å². The fourth-order valence-corrected chi connectivity index (χ4v) is 6.41. The van der Waals surface area contributed by atoms with Gasteiger partial charge in [-0.05, 0) is 19.6 Å². The van der Waals surface area contributed by atoms with Gasteiger partial charge in [0.15, 0.2) is 18.1 Å². The van der Waals surface area contributed by atoms with Crippen molar-refractivity contribution in [2.45, 2.75) is 19.6 Å². The van der Waals surface area contributed by atoms with Crippen LogP contribution in [0.15, 0.2) is 0 Å². The van der Waals surface area contributed by atoms with E-state index in [1.54, 1.807) is 0 Å². The van der Waals surface area contributed by atoms with E-state index in [0.717, 1.165) is 10.5 Å². The smallest absolute Gasteiger partial charge is 0.329 e. The lowest BCUT2D eigenvalue weighted by molar-refractivity contribution is 0.279. The molecule has 0 spiro atoms. The number of hydrogen-bond acceptors (Lipinski definition) is 5. The summed E-state index contributed by atoms with van der Waals surface area (Å²) in [5, 5.41) is 0. The summed E-state index contributed by atoms with van der Waals surface area (Å²) < 4.78 is 31.2. The molecule has 0 aliphatic heterocycles. The summed E-state index contributed by atoms with van der Waals surface area (Å²) in [6, 6.07) is 0. The SMILES string of the molecule is COP(=O)(C[SiH](C)O[SiH3])OC.C[SiH](C)O[SiH3]. The highest BCUT2D eigenvalue weighted by Gasteiger charge is 2.24. The first-order chi connectivity index (χ1) is 7.35. The maximum atomic E-state index is 11.4. The van der Waals surface area contributed by atoms with Crippen LogP contribution in [0.3, 0.4) is 0 Å². The predicted octanol–water partition coefficient (Wildman–Crippen LogP) is -1.07. The average molecular weight is 321 g/mol. The number of rotatable bonds is 6. The summed E-state index contributed by atoms with van der Waals surface area (Å²) in [5.41, 5.74) is 0. The molecule has 0 fully saturated rings. The van der Waals surface area contributed by atoms with Gasteiger partial charge >= 0.3 is 7.60 Å². The topological polar surface area (TPSA) is 54.0 Å². The molecule has 0 amide bonds. The van der Waals surface area contributed by atoms with Crippen molar-refractivity contribution < 1.29 is 21.8 Å². The maximum Gasteiger partial charge on any atom is 0.329 e. The Morgan fingerprint density at radius 1 is 1.06 bits per heavy atom. The Kier molecular flexibility index (Phi) is 13.3. The van der Waals surface area contributed by atoms with Crippen LogP contribution < -0.4 is 0 Å². The Hall–Kier alpha value is 0.938. The van der Waals surface area contributed by atoms with Gasteiger partial charge in [0.1, 0.15) is 21.0 Å². The molecule has 16 heavy (non-hydrogen) atoms. The first-order valence-corrected chi connectivity index (χ1v) is 13.7. The molecule has 0 N–H and O–H groups in total. The average Bonchev–Trinajstić information content (AvgIpc) is 2.29. The summed E-state index contributed by atoms with van der Waals surface area (Å²) in [5.74, 6) is 0.462. The Bertz CT molecular complexity index is 197. The lowest BCUT2D eigenvalue weighted by atomic mass is 11.8. The molecule has 0 heterocycles. The Labute approximate surface area is 108 Å². The molecule has 0 aliphatic rings. The zero-order valence-corrected chi connectivity index (χ0v) is 18.6. The second kappa shape index (κ2) is 11.1. The van der Waals surface area contributed by atoms with Gasteiger partial charge in [-0.3, -0.25) is 4.57 Å². The third-order valence-corrected chi connectivity index (χ3v) is 13.9. The van der Waals surface area contributed by atoms with Crippen molar-refractivity contribution in [2.24, 2.45) is 0 Å². The molecule has 0 aromatic rings. The highest BCUT2D eigenvalue weighted by atomic mass is 31.2. The van der Waals surface area contributed by atoms with Crippen molar-refractivity contribution in [3.63, 3.8) is 0 Å². The molecule has 0 aliphatic carbocycles. The van der Waals surface area contributed by atoms with Crippen molar-refractivity contribution in [2.75, 3.05) is 20.0 Å². The fourth-order valence-electron chi connectivity index (χ4n) is 0.613. The third kappa shape index (κ3) is 11.4. The minimum atomic E-state index is -2.79. The van der Waals surface area contributed by atoms with Crippen molar-refractivity contribution in [1.29, 1.82) is 0 Å². The normalized spacial score (nSPS) is 13.6. The first-order valence-electron chi connectivity index (χ1n) is 5.11. The van der Waals surface area contributed by atoms with Gasteiger partial charge in [0.2, 0.25) is 0 Å². The van der Waals surface area contributed by atoms with Gasteiger partial charge in [0.05, 0.1) is 5.79 Å². The molecular weight excluding hydrogens is 295 g/mol. The summed E-state index contributed by atoms with van der Waals surface area (Å²) >= 11 is 0. The van der Waals surface area contributed by atoms with E-state index < -0.39 is 25.7 Å². The summed E-state index contributed by atoms with van der Waals surface area (Å²) in [6.07, 6.45) is 0. The maximum absolute atomic E-state index is 11.4. The lowest BCUT2D eigenvalue weighted by Gasteiger charge is -2.16. The molecule has 1 atom stereocenters. The van der Waals surface area contributed by atoms with Gasteiger partial charge in [-0.2, -0.15) is 0 Å². The highest BCUT2D eigenvalue weighted by molar-refractivity contribution is 7.56. The lowest BCUT2D eigenvalue weighted by Crippen LogP contribution is -2.18. The minimum absolute atomic E-state index is 0.462. The van der Waals surface area contributed by atoms with Gasteiger partial charge in [0, 0.05) is 14.2 Å². The van der Waals surface area contributed by atoms with Crippen molar-refractivity contribution in [3.05, 3.63) is 0 Å². The van der Waals surface area contributed by atoms with Crippen LogP contribution in [0.25, 0.3) is 0 Å². The van der Waals surface area contributed by atoms with Crippen LogP contribution >= 0.6 is 7.60 Å². The molecule has 0 saturated heterocycles. The van der Waals surface area contributed by atoms with E-state index in [9.17, 15) is 4.57 Å². The minimum Gasteiger partial charge on any atom is -0.466 e. The summed E-state index contributed by atoms with van der Waals surface area (Å²) in [7, 11) is -0.237. The molecule has 1 unspecified atom stereocenters. The van der Waals surface area contributed by atoms with E-state index in [1.807, 2.05) is 6.55 Å². The molecule has 10 heteroatoms. The van der Waals surface area contributed by atoms with Gasteiger partial charge in [-0.25, -0.2) is 0 Å². The highest BCUT2D eigenvalue weighted by Crippen LogP contribution is 2.46. The molecule has 5 nitrogen and oxygen atoms in total. The van der Waals surface area contributed by atoms with Crippen LogP contribution in [0.5, 0.6) is 0 Å². The van der Waals surface area contributed by atoms with Crippen LogP contribution in [0.2, 0.25) is 19.6 Å². The van der Waals surface area contributed by atoms with E-state index in [1.165, 1.54) is 14.2 Å². The molecule has 0 rings (SSSR count). The monoisotopic (exact) mass is 320 g/mol. The molecule has 0 bridgehead atoms. The van der Waals surface area contributed by atoms with Crippen molar-refractivity contribution in [3.8, 4) is 0 Å². The molecule has 0 saturated carbocycles. The van der Waals surface area contributed by atoms with Crippen LogP contribution in [0.1, 0.15) is 0 Å². The molecule has 100 valence electrons. The molecule has 0 radical (unpaired) electrons. The largest absolute Gasteiger partial charge is 0.466 e. The zero-order chi connectivity index (χ0) is 13.2. The second-order valence-corrected chi connectivity index (χ2v) is 14.4. The van der Waals surface area contributed by atoms with Crippen LogP contribution in [-0.4, -0.2) is 59.1 Å². The van der Waals surface area contributed by atoms with Gasteiger partial charge in [0.25, 0.3) is 0 Å². The molecule has 0 aromatic carbocycles. The summed E-state index contributed by atoms with van der Waals surface area (Å²) in [4.78, 5) is 0. The Balaban J connectivity index is 0. The standard InChI is InChI=1S/C4H15O4PSi2.C2H10OSi2/c1-6-9(5,7-2)4-11(3)8-10;1-5(2)3-4/h11H,4H2,1-3,10H3;5H,1-2,4H3. The van der Waals surface area contributed by atoms with E-state index in [2.05, 4.69) is 13.1 Å². The quantitative estimate of drug-likeness (QED) is 0.461. The summed E-state index contributed by atoms with van der Waals surface area (Å²) in [6.45, 7) is 6.33. The van der Waals surface area contributed by atoms with Gasteiger partial charge in [-0.1, -0.05) is 0 Å². The second-order valence-electron chi connectivity index (χ2n) is 3.49. The molecule has 0 aromatic heterocycles. The molecular formula is C6H25O5PSi4. The Morgan fingerprint density at radius 2 is 1.44 bits per heavy atom. The third-order valence-electron chi connectivity index (χ3n) is 1.91. The van der Waals surface area contributed by atoms with Crippen molar-refractivity contribution >= 4 is 46.6 Å². The predicted molar refractivity (Wildman–Crippen MR) is 80.4 cm³/mol. The van der Waals surface area contributed by atoms with Crippen LogP contribution in [0.4, 0.5) is 0 Å². The van der Waals surface area contributed by atoms with Crippen molar-refractivity contribution in [1.82, 2.24) is 0 Å². The zero-order valence-electron chi connectivity index (χ0n) is 11.4. The van der Waals surface area contributed by atoms with E-state index in [4.69, 9.17) is 17.3 Å². The fraction of sp³-hybridized carbons (Fsp3) is 1.00. The number of hydrogen-bond donors (Lipinski definition) is 0. The first kappa shape index (κ1) is 19.3. The van der Waals surface area contributed by atoms with E-state index in [-0.39, 0.29) is 0 Å². The van der Waals surface area contributed by atoms with E-state index >= 15 is 0 Å². The van der Waals surface area contributed by atoms with Crippen LogP contribution in [0, 0.1) is 0 Å². The van der Waals surface area contributed by atoms with Gasteiger partial charge < -0.3 is 17.3 Å². The Morgan fingerprint density at radius 3 is 1.62 bits per heavy atom. The van der Waals surface area contributed by atoms with E-state index in [0.29, 0.717) is 16.3 Å².